The summed E-state index contributed by atoms with van der Waals surface area (Å²) in [5.74, 6) is 2.01. The third-order valence-corrected chi connectivity index (χ3v) is 5.66. The Hall–Kier alpha value is -1.55. The van der Waals surface area contributed by atoms with Crippen LogP contribution in [-0.4, -0.2) is 47.5 Å². The summed E-state index contributed by atoms with van der Waals surface area (Å²) in [6, 6.07) is 6.37. The van der Waals surface area contributed by atoms with Gasteiger partial charge in [0.2, 0.25) is 5.91 Å². The van der Waals surface area contributed by atoms with E-state index in [-0.39, 0.29) is 11.5 Å². The van der Waals surface area contributed by atoms with E-state index in [0.717, 1.165) is 36.6 Å². The van der Waals surface area contributed by atoms with Crippen molar-refractivity contribution in [2.24, 2.45) is 5.92 Å². The summed E-state index contributed by atoms with van der Waals surface area (Å²) in [5.41, 5.74) is 2.11. The van der Waals surface area contributed by atoms with Crippen LogP contribution in [0, 0.1) is 12.8 Å². The Morgan fingerprint density at radius 1 is 1.33 bits per heavy atom. The molecule has 24 heavy (non-hydrogen) atoms. The van der Waals surface area contributed by atoms with E-state index in [1.807, 2.05) is 4.90 Å². The van der Waals surface area contributed by atoms with E-state index in [9.17, 15) is 4.79 Å². The number of fused-ring (bicyclic) bond motifs is 1. The van der Waals surface area contributed by atoms with Crippen LogP contribution in [0.25, 0.3) is 0 Å². The molecule has 1 spiro atoms. The molecular weight excluding hydrogens is 300 g/mol. The molecule has 3 aliphatic rings. The van der Waals surface area contributed by atoms with Crippen molar-refractivity contribution in [1.29, 1.82) is 0 Å². The van der Waals surface area contributed by atoms with Gasteiger partial charge in [-0.1, -0.05) is 17.7 Å². The Kier molecular flexibility index (Phi) is 4.03. The Balaban J connectivity index is 1.63. The second-order valence-electron chi connectivity index (χ2n) is 8.05. The second-order valence-corrected chi connectivity index (χ2v) is 8.05. The Morgan fingerprint density at radius 3 is 2.92 bits per heavy atom. The Bertz CT molecular complexity index is 641. The highest BCUT2D eigenvalue weighted by Crippen LogP contribution is 2.37. The number of rotatable bonds is 2. The maximum absolute atomic E-state index is 12.2. The minimum Gasteiger partial charge on any atom is -0.484 e. The lowest BCUT2D eigenvalue weighted by molar-refractivity contribution is -0.133. The van der Waals surface area contributed by atoms with E-state index < -0.39 is 0 Å². The lowest BCUT2D eigenvalue weighted by Crippen LogP contribution is -2.57. The van der Waals surface area contributed by atoms with Gasteiger partial charge >= 0.3 is 0 Å². The Morgan fingerprint density at radius 2 is 2.17 bits per heavy atom. The number of carbonyl (C=O) groups is 1. The number of carbonyl (C=O) groups excluding carboxylic acids is 1. The lowest BCUT2D eigenvalue weighted by atomic mass is 9.91. The van der Waals surface area contributed by atoms with E-state index >= 15 is 0 Å². The molecule has 0 radical (unpaired) electrons. The zero-order valence-electron chi connectivity index (χ0n) is 14.9. The minimum atomic E-state index is -0.251. The summed E-state index contributed by atoms with van der Waals surface area (Å²) in [5, 5.41) is 0. The van der Waals surface area contributed by atoms with Gasteiger partial charge < -0.3 is 9.64 Å². The van der Waals surface area contributed by atoms with Gasteiger partial charge in [-0.15, -0.1) is 0 Å². The number of amides is 1. The van der Waals surface area contributed by atoms with Gasteiger partial charge in [0.05, 0.1) is 6.54 Å². The highest BCUT2D eigenvalue weighted by Gasteiger charge is 2.43. The van der Waals surface area contributed by atoms with Gasteiger partial charge in [-0.25, -0.2) is 0 Å². The molecule has 1 aliphatic carbocycles. The minimum absolute atomic E-state index is 0.145. The quantitative estimate of drug-likeness (QED) is 0.837. The smallest absolute Gasteiger partial charge is 0.219 e. The first-order valence-electron chi connectivity index (χ1n) is 9.29. The van der Waals surface area contributed by atoms with E-state index in [4.69, 9.17) is 4.74 Å². The predicted molar refractivity (Wildman–Crippen MR) is 94.0 cm³/mol. The van der Waals surface area contributed by atoms with Crippen molar-refractivity contribution in [3.8, 4) is 5.75 Å². The highest BCUT2D eigenvalue weighted by molar-refractivity contribution is 5.73. The number of nitrogens with zero attached hydrogens (tertiary/aromatic N) is 2. The van der Waals surface area contributed by atoms with Gasteiger partial charge in [0.1, 0.15) is 11.4 Å². The highest BCUT2D eigenvalue weighted by atomic mass is 16.5. The van der Waals surface area contributed by atoms with Crippen molar-refractivity contribution in [3.63, 3.8) is 0 Å². The van der Waals surface area contributed by atoms with Crippen LogP contribution in [0.4, 0.5) is 0 Å². The van der Waals surface area contributed by atoms with E-state index in [2.05, 4.69) is 30.0 Å². The Labute approximate surface area is 144 Å². The molecule has 1 saturated carbocycles. The molecule has 2 aliphatic heterocycles. The molecule has 1 atom stereocenters. The maximum Gasteiger partial charge on any atom is 0.219 e. The molecule has 0 aromatic heterocycles. The second kappa shape index (κ2) is 6.07. The molecule has 1 saturated heterocycles. The number of likely N-dealkylation sites (tertiary alicyclic amines) is 1. The molecule has 4 nitrogen and oxygen atoms in total. The molecular formula is C20H28N2O2. The molecule has 1 amide bonds. The third-order valence-electron chi connectivity index (χ3n) is 5.66. The fourth-order valence-corrected chi connectivity index (χ4v) is 4.25. The van der Waals surface area contributed by atoms with E-state index in [1.165, 1.54) is 31.5 Å². The van der Waals surface area contributed by atoms with Crippen molar-refractivity contribution in [2.45, 2.75) is 51.7 Å². The van der Waals surface area contributed by atoms with E-state index in [0.29, 0.717) is 13.1 Å². The first-order chi connectivity index (χ1) is 11.5. The number of aryl methyl sites for hydroxylation is 1. The van der Waals surface area contributed by atoms with Crippen molar-refractivity contribution in [2.75, 3.05) is 26.2 Å². The van der Waals surface area contributed by atoms with E-state index in [1.54, 1.807) is 6.92 Å². The predicted octanol–water partition coefficient (Wildman–Crippen LogP) is 2.98. The normalized spacial score (nSPS) is 27.5. The molecule has 1 aromatic carbocycles. The number of ether oxygens (including phenoxy) is 1. The summed E-state index contributed by atoms with van der Waals surface area (Å²) < 4.78 is 6.62. The molecule has 4 rings (SSSR count). The summed E-state index contributed by atoms with van der Waals surface area (Å²) in [7, 11) is 0. The fourth-order valence-electron chi connectivity index (χ4n) is 4.25. The van der Waals surface area contributed by atoms with Gasteiger partial charge in [-0.3, -0.25) is 9.69 Å². The average molecular weight is 328 g/mol. The topological polar surface area (TPSA) is 32.8 Å². The van der Waals surface area contributed by atoms with Crippen molar-refractivity contribution < 1.29 is 9.53 Å². The monoisotopic (exact) mass is 328 g/mol. The standard InChI is InChI=1S/C20H28N2O2/c1-15-4-7-19-18(10-15)12-22(16(2)23)14-20(24-19)8-3-9-21(13-20)11-17-5-6-17/h4,7,10,17H,3,5-6,8-9,11-14H2,1-2H3/t20-/m0/s1. The zero-order chi connectivity index (χ0) is 16.7. The summed E-state index contributed by atoms with van der Waals surface area (Å²) in [6.07, 6.45) is 4.95. The summed E-state index contributed by atoms with van der Waals surface area (Å²) >= 11 is 0. The van der Waals surface area contributed by atoms with Crippen molar-refractivity contribution in [1.82, 2.24) is 9.80 Å². The van der Waals surface area contributed by atoms with Crippen LogP contribution >= 0.6 is 0 Å². The van der Waals surface area contributed by atoms with Gasteiger partial charge in [-0.2, -0.15) is 0 Å². The molecule has 2 fully saturated rings. The van der Waals surface area contributed by atoms with Crippen LogP contribution in [0.15, 0.2) is 18.2 Å². The maximum atomic E-state index is 12.2. The average Bonchev–Trinajstić information content (AvgIpc) is 3.34. The number of piperidine rings is 1. The van der Waals surface area contributed by atoms with Gasteiger partial charge in [0.15, 0.2) is 0 Å². The number of hydrogen-bond acceptors (Lipinski definition) is 3. The van der Waals surface area contributed by atoms with Crippen LogP contribution in [-0.2, 0) is 11.3 Å². The van der Waals surface area contributed by atoms with Crippen molar-refractivity contribution >= 4 is 5.91 Å². The van der Waals surface area contributed by atoms with Crippen LogP contribution < -0.4 is 4.74 Å². The van der Waals surface area contributed by atoms with Gasteiger partial charge in [-0.05, 0) is 51.1 Å². The lowest BCUT2D eigenvalue weighted by Gasteiger charge is -2.43. The molecule has 0 unspecified atom stereocenters. The SMILES string of the molecule is CC(=O)N1Cc2cc(C)ccc2O[C@]2(CCCN(CC3CC3)C2)C1. The largest absolute Gasteiger partial charge is 0.484 e. The molecule has 4 heteroatoms. The van der Waals surface area contributed by atoms with Crippen LogP contribution in [0.3, 0.4) is 0 Å². The molecule has 0 bridgehead atoms. The summed E-state index contributed by atoms with van der Waals surface area (Å²) in [4.78, 5) is 16.7. The molecule has 2 heterocycles. The molecule has 130 valence electrons. The molecule has 0 N–H and O–H groups in total. The zero-order valence-corrected chi connectivity index (χ0v) is 14.9. The van der Waals surface area contributed by atoms with Crippen LogP contribution in [0.5, 0.6) is 5.75 Å². The number of benzene rings is 1. The summed E-state index contributed by atoms with van der Waals surface area (Å²) in [6.45, 7) is 8.46. The van der Waals surface area contributed by atoms with Crippen LogP contribution in [0.1, 0.15) is 43.7 Å². The van der Waals surface area contributed by atoms with Gasteiger partial charge in [0.25, 0.3) is 0 Å². The van der Waals surface area contributed by atoms with Crippen LogP contribution in [0.2, 0.25) is 0 Å². The first-order valence-corrected chi connectivity index (χ1v) is 9.29. The fraction of sp³-hybridized carbons (Fsp3) is 0.650. The van der Waals surface area contributed by atoms with Gasteiger partial charge in [0, 0.05) is 32.1 Å². The van der Waals surface area contributed by atoms with Crippen molar-refractivity contribution in [3.05, 3.63) is 29.3 Å². The molecule has 1 aromatic rings. The third kappa shape index (κ3) is 3.30. The first kappa shape index (κ1) is 15.9. The number of hydrogen-bond donors (Lipinski definition) is 0.